The van der Waals surface area contributed by atoms with Gasteiger partial charge in [-0.15, -0.1) is 5.10 Å². The number of hydrogen-bond acceptors (Lipinski definition) is 7. The highest BCUT2D eigenvalue weighted by atomic mass is 32.2. The highest BCUT2D eigenvalue weighted by molar-refractivity contribution is 7.89. The molecule has 0 unspecified atom stereocenters. The predicted molar refractivity (Wildman–Crippen MR) is 127 cm³/mol. The van der Waals surface area contributed by atoms with Crippen molar-refractivity contribution < 1.29 is 8.42 Å². The average molecular weight is 474 g/mol. The molecule has 10 nitrogen and oxygen atoms in total. The Balaban J connectivity index is 1.67. The first-order valence-electron chi connectivity index (χ1n) is 10.2. The fourth-order valence-electron chi connectivity index (χ4n) is 3.60. The topological polar surface area (TPSA) is 148 Å². The summed E-state index contributed by atoms with van der Waals surface area (Å²) in [5, 5.41) is 13.1. The zero-order chi connectivity index (χ0) is 23.7. The summed E-state index contributed by atoms with van der Waals surface area (Å²) in [6.45, 7) is 0.403. The Morgan fingerprint density at radius 2 is 1.82 bits per heavy atom. The zero-order valence-electron chi connectivity index (χ0n) is 17.7. The van der Waals surface area contributed by atoms with Crippen LogP contribution >= 0.6 is 0 Å². The van der Waals surface area contributed by atoms with Crippen molar-refractivity contribution in [1.29, 1.82) is 0 Å². The lowest BCUT2D eigenvalue weighted by Crippen LogP contribution is -2.23. The van der Waals surface area contributed by atoms with Gasteiger partial charge in [0.1, 0.15) is 10.4 Å². The van der Waals surface area contributed by atoms with Gasteiger partial charge in [0.2, 0.25) is 10.0 Å². The second-order valence-electron chi connectivity index (χ2n) is 7.47. The number of nitrogens with one attached hydrogen (secondary N) is 2. The lowest BCUT2D eigenvalue weighted by Gasteiger charge is -2.12. The van der Waals surface area contributed by atoms with Crippen LogP contribution in [0.1, 0.15) is 5.69 Å². The van der Waals surface area contributed by atoms with Gasteiger partial charge in [-0.2, -0.15) is 0 Å². The SMILES string of the molecule is NS(=O)(=O)c1cc(-c2nc(NCc3ccccn3)c3c(-c4ccccc4)ccn3n2)c[nH]c1=O. The Hall–Kier alpha value is -4.35. The highest BCUT2D eigenvalue weighted by Crippen LogP contribution is 2.31. The van der Waals surface area contributed by atoms with Crippen LogP contribution in [0.5, 0.6) is 0 Å². The minimum atomic E-state index is -4.22. The molecule has 4 N–H and O–H groups in total. The van der Waals surface area contributed by atoms with Gasteiger partial charge in [0.05, 0.1) is 12.2 Å². The number of H-pyrrole nitrogens is 1. The summed E-state index contributed by atoms with van der Waals surface area (Å²) in [5.41, 5.74) is 2.94. The number of nitrogens with zero attached hydrogens (tertiary/aromatic N) is 4. The third-order valence-electron chi connectivity index (χ3n) is 5.19. The number of pyridine rings is 2. The normalized spacial score (nSPS) is 11.6. The number of fused-ring (bicyclic) bond motifs is 1. The van der Waals surface area contributed by atoms with E-state index in [1.807, 2.05) is 54.6 Å². The third-order valence-corrected chi connectivity index (χ3v) is 6.11. The van der Waals surface area contributed by atoms with E-state index < -0.39 is 20.5 Å². The summed E-state index contributed by atoms with van der Waals surface area (Å²) in [6, 6.07) is 18.5. The van der Waals surface area contributed by atoms with E-state index in [1.165, 1.54) is 12.3 Å². The first-order valence-corrected chi connectivity index (χ1v) is 11.8. The van der Waals surface area contributed by atoms with Gasteiger partial charge in [-0.05, 0) is 29.8 Å². The molecule has 4 aromatic heterocycles. The van der Waals surface area contributed by atoms with Gasteiger partial charge < -0.3 is 10.3 Å². The zero-order valence-corrected chi connectivity index (χ0v) is 18.5. The van der Waals surface area contributed by atoms with Gasteiger partial charge in [-0.1, -0.05) is 36.4 Å². The molecule has 0 spiro atoms. The van der Waals surface area contributed by atoms with Gasteiger partial charge >= 0.3 is 0 Å². The number of sulfonamides is 1. The average Bonchev–Trinajstić information content (AvgIpc) is 3.27. The number of anilines is 1. The first-order chi connectivity index (χ1) is 16.4. The molecule has 0 amide bonds. The van der Waals surface area contributed by atoms with E-state index in [1.54, 1.807) is 16.9 Å². The largest absolute Gasteiger partial charge is 0.363 e. The second kappa shape index (κ2) is 8.54. The number of hydrogen-bond donors (Lipinski definition) is 3. The number of rotatable bonds is 6. The van der Waals surface area contributed by atoms with Crippen molar-refractivity contribution in [3.63, 3.8) is 0 Å². The number of benzene rings is 1. The molecule has 4 heterocycles. The van der Waals surface area contributed by atoms with E-state index in [-0.39, 0.29) is 5.82 Å². The molecule has 0 radical (unpaired) electrons. The van der Waals surface area contributed by atoms with Crippen LogP contribution in [-0.4, -0.2) is 33.0 Å². The molecule has 1 aromatic carbocycles. The molecular formula is C23H19N7O3S. The molecular weight excluding hydrogens is 454 g/mol. The fraction of sp³-hybridized carbons (Fsp3) is 0.0435. The van der Waals surface area contributed by atoms with Gasteiger partial charge in [-0.3, -0.25) is 9.78 Å². The monoisotopic (exact) mass is 473 g/mol. The first kappa shape index (κ1) is 21.5. The van der Waals surface area contributed by atoms with Crippen molar-refractivity contribution in [3.05, 3.63) is 95.3 Å². The van der Waals surface area contributed by atoms with Crippen LogP contribution in [0.4, 0.5) is 5.82 Å². The summed E-state index contributed by atoms with van der Waals surface area (Å²) in [7, 11) is -4.22. The Morgan fingerprint density at radius 3 is 2.56 bits per heavy atom. The van der Waals surface area contributed by atoms with Crippen molar-refractivity contribution in [1.82, 2.24) is 24.6 Å². The molecule has 5 rings (SSSR count). The van der Waals surface area contributed by atoms with Crippen molar-refractivity contribution in [2.45, 2.75) is 11.4 Å². The quantitative estimate of drug-likeness (QED) is 0.343. The van der Waals surface area contributed by atoms with Crippen molar-refractivity contribution in [3.8, 4) is 22.5 Å². The highest BCUT2D eigenvalue weighted by Gasteiger charge is 2.19. The number of primary sulfonamides is 1. The van der Waals surface area contributed by atoms with Crippen LogP contribution in [-0.2, 0) is 16.6 Å². The van der Waals surface area contributed by atoms with Gasteiger partial charge in [-0.25, -0.2) is 23.1 Å². The molecule has 0 aliphatic carbocycles. The van der Waals surface area contributed by atoms with E-state index in [4.69, 9.17) is 5.14 Å². The molecule has 0 aliphatic heterocycles. The van der Waals surface area contributed by atoms with Crippen molar-refractivity contribution in [2.75, 3.05) is 5.32 Å². The lowest BCUT2D eigenvalue weighted by molar-refractivity contribution is 0.596. The summed E-state index contributed by atoms with van der Waals surface area (Å²) in [4.78, 5) is 22.8. The number of aromatic nitrogens is 5. The Bertz CT molecular complexity index is 1650. The molecule has 5 aromatic rings. The lowest BCUT2D eigenvalue weighted by atomic mass is 10.1. The predicted octanol–water partition coefficient (Wildman–Crippen LogP) is 2.41. The molecule has 0 saturated heterocycles. The fourth-order valence-corrected chi connectivity index (χ4v) is 4.21. The molecule has 170 valence electrons. The summed E-state index contributed by atoms with van der Waals surface area (Å²) in [5.74, 6) is 0.718. The minimum Gasteiger partial charge on any atom is -0.363 e. The van der Waals surface area contributed by atoms with Crippen LogP contribution in [0.15, 0.2) is 88.9 Å². The van der Waals surface area contributed by atoms with Crippen molar-refractivity contribution in [2.24, 2.45) is 5.14 Å². The van der Waals surface area contributed by atoms with E-state index >= 15 is 0 Å². The van der Waals surface area contributed by atoms with Crippen LogP contribution in [0.25, 0.3) is 28.0 Å². The number of aromatic amines is 1. The molecule has 0 aliphatic rings. The maximum Gasteiger partial charge on any atom is 0.268 e. The molecule has 0 fully saturated rings. The van der Waals surface area contributed by atoms with Crippen LogP contribution in [0.2, 0.25) is 0 Å². The Morgan fingerprint density at radius 1 is 1.03 bits per heavy atom. The van der Waals surface area contributed by atoms with Crippen molar-refractivity contribution >= 4 is 21.4 Å². The molecule has 34 heavy (non-hydrogen) atoms. The van der Waals surface area contributed by atoms with E-state index in [0.717, 1.165) is 22.3 Å². The number of nitrogens with two attached hydrogens (primary N) is 1. The molecule has 0 bridgehead atoms. The van der Waals surface area contributed by atoms with E-state index in [0.29, 0.717) is 17.9 Å². The van der Waals surface area contributed by atoms with E-state index in [2.05, 4.69) is 25.4 Å². The maximum absolute atomic E-state index is 12.0. The Kier molecular flexibility index (Phi) is 5.40. The standard InChI is InChI=1S/C23H19N7O3S/c24-34(32,33)19-12-16(13-27-23(19)31)21-28-22(26-14-17-8-4-5-10-25-17)20-18(9-11-30(20)29-21)15-6-2-1-3-7-15/h1-13H,14H2,(H,27,31)(H2,24,32,33)(H,26,28,29). The van der Waals surface area contributed by atoms with Gasteiger partial charge in [0, 0.05) is 29.7 Å². The van der Waals surface area contributed by atoms with E-state index in [9.17, 15) is 13.2 Å². The third kappa shape index (κ3) is 4.17. The summed E-state index contributed by atoms with van der Waals surface area (Å²) < 4.78 is 25.3. The van der Waals surface area contributed by atoms with Gasteiger partial charge in [0.15, 0.2) is 11.6 Å². The summed E-state index contributed by atoms with van der Waals surface area (Å²) >= 11 is 0. The van der Waals surface area contributed by atoms with Crippen LogP contribution in [0.3, 0.4) is 0 Å². The Labute approximate surface area is 194 Å². The summed E-state index contributed by atoms with van der Waals surface area (Å²) in [6.07, 6.45) is 4.85. The molecule has 0 atom stereocenters. The second-order valence-corrected chi connectivity index (χ2v) is 9.00. The van der Waals surface area contributed by atoms with Crippen LogP contribution in [0, 0.1) is 0 Å². The van der Waals surface area contributed by atoms with Gasteiger partial charge in [0.25, 0.3) is 5.56 Å². The molecule has 11 heteroatoms. The minimum absolute atomic E-state index is 0.201. The molecule has 0 saturated carbocycles. The smallest absolute Gasteiger partial charge is 0.268 e. The van der Waals surface area contributed by atoms with Crippen LogP contribution < -0.4 is 16.0 Å². The maximum atomic E-state index is 12.0.